The van der Waals surface area contributed by atoms with Gasteiger partial charge in [-0.2, -0.15) is 5.10 Å². The molecule has 6 nitrogen and oxygen atoms in total. The highest BCUT2D eigenvalue weighted by atomic mass is 16.5. The predicted octanol–water partition coefficient (Wildman–Crippen LogP) is 2.00. The number of nitrogens with zero attached hydrogens (tertiary/aromatic N) is 2. The normalized spacial score (nSPS) is 11.8. The molecule has 1 heterocycles. The van der Waals surface area contributed by atoms with E-state index in [0.717, 1.165) is 17.0 Å². The monoisotopic (exact) mass is 302 g/mol. The maximum absolute atomic E-state index is 11.8. The Morgan fingerprint density at radius 3 is 2.86 bits per heavy atom. The Kier molecular flexibility index (Phi) is 5.41. The van der Waals surface area contributed by atoms with Crippen molar-refractivity contribution in [3.63, 3.8) is 0 Å². The first-order chi connectivity index (χ1) is 10.5. The number of carbonyl (C=O) groups excluding carboxylic acids is 1. The predicted molar refractivity (Wildman–Crippen MR) is 84.7 cm³/mol. The molecule has 0 bridgehead atoms. The Hall–Kier alpha value is -2.50. The van der Waals surface area contributed by atoms with Crippen LogP contribution in [-0.4, -0.2) is 28.5 Å². The van der Waals surface area contributed by atoms with Crippen LogP contribution in [0.25, 0.3) is 0 Å². The second-order valence-corrected chi connectivity index (χ2v) is 5.25. The Morgan fingerprint density at radius 2 is 2.18 bits per heavy atom. The number of amides is 2. The van der Waals surface area contributed by atoms with E-state index in [1.54, 1.807) is 10.9 Å². The van der Waals surface area contributed by atoms with Gasteiger partial charge in [-0.3, -0.25) is 4.68 Å². The summed E-state index contributed by atoms with van der Waals surface area (Å²) < 4.78 is 7.48. The minimum absolute atomic E-state index is 0.107. The lowest BCUT2D eigenvalue weighted by Crippen LogP contribution is -2.40. The summed E-state index contributed by atoms with van der Waals surface area (Å²) in [5, 5.41) is 9.63. The molecule has 0 unspecified atom stereocenters. The number of ether oxygens (including phenoxy) is 1. The first-order valence-corrected chi connectivity index (χ1v) is 7.26. The lowest BCUT2D eigenvalue weighted by molar-refractivity contribution is 0.207. The molecule has 0 spiro atoms. The SMILES string of the molecule is Cc1cccc(O[C@H](C)CNC(=O)NCc2ccnn2C)c1. The molecule has 6 heteroatoms. The first kappa shape index (κ1) is 15.9. The highest BCUT2D eigenvalue weighted by Crippen LogP contribution is 2.13. The van der Waals surface area contributed by atoms with Crippen molar-refractivity contribution in [1.82, 2.24) is 20.4 Å². The first-order valence-electron chi connectivity index (χ1n) is 7.26. The third kappa shape index (κ3) is 4.80. The van der Waals surface area contributed by atoms with Crippen LogP contribution in [0.15, 0.2) is 36.5 Å². The molecule has 2 N–H and O–H groups in total. The number of hydrogen-bond acceptors (Lipinski definition) is 3. The van der Waals surface area contributed by atoms with Crippen molar-refractivity contribution in [3.8, 4) is 5.75 Å². The third-order valence-electron chi connectivity index (χ3n) is 3.23. The van der Waals surface area contributed by atoms with Crippen molar-refractivity contribution in [3.05, 3.63) is 47.8 Å². The Labute approximate surface area is 130 Å². The maximum Gasteiger partial charge on any atom is 0.315 e. The lowest BCUT2D eigenvalue weighted by atomic mass is 10.2. The number of benzene rings is 1. The lowest BCUT2D eigenvalue weighted by Gasteiger charge is -2.16. The second-order valence-electron chi connectivity index (χ2n) is 5.25. The average Bonchev–Trinajstić information content (AvgIpc) is 2.88. The van der Waals surface area contributed by atoms with Gasteiger partial charge in [-0.15, -0.1) is 0 Å². The summed E-state index contributed by atoms with van der Waals surface area (Å²) in [5.74, 6) is 0.810. The molecular weight excluding hydrogens is 280 g/mol. The number of rotatable bonds is 6. The molecule has 0 radical (unpaired) electrons. The van der Waals surface area contributed by atoms with Gasteiger partial charge < -0.3 is 15.4 Å². The molecule has 118 valence electrons. The molecule has 0 aliphatic carbocycles. The summed E-state index contributed by atoms with van der Waals surface area (Å²) in [6.45, 7) is 4.81. The zero-order valence-corrected chi connectivity index (χ0v) is 13.2. The van der Waals surface area contributed by atoms with E-state index in [9.17, 15) is 4.79 Å². The van der Waals surface area contributed by atoms with Crippen molar-refractivity contribution in [1.29, 1.82) is 0 Å². The van der Waals surface area contributed by atoms with Crippen LogP contribution in [0.3, 0.4) is 0 Å². The molecule has 1 atom stereocenters. The highest BCUT2D eigenvalue weighted by Gasteiger charge is 2.07. The number of hydrogen-bond donors (Lipinski definition) is 2. The number of aryl methyl sites for hydroxylation is 2. The molecule has 2 amide bonds. The molecule has 0 aliphatic rings. The Balaban J connectivity index is 1.70. The number of urea groups is 1. The fourth-order valence-corrected chi connectivity index (χ4v) is 2.01. The van der Waals surface area contributed by atoms with E-state index in [1.807, 2.05) is 51.2 Å². The highest BCUT2D eigenvalue weighted by molar-refractivity contribution is 5.73. The van der Waals surface area contributed by atoms with Crippen molar-refractivity contribution in [2.75, 3.05) is 6.54 Å². The fourth-order valence-electron chi connectivity index (χ4n) is 2.01. The molecule has 1 aromatic carbocycles. The minimum atomic E-state index is -0.221. The zero-order chi connectivity index (χ0) is 15.9. The van der Waals surface area contributed by atoms with E-state index in [2.05, 4.69) is 15.7 Å². The Bertz CT molecular complexity index is 624. The van der Waals surface area contributed by atoms with E-state index in [1.165, 1.54) is 0 Å². The average molecular weight is 302 g/mol. The Morgan fingerprint density at radius 1 is 1.36 bits per heavy atom. The minimum Gasteiger partial charge on any atom is -0.489 e. The van der Waals surface area contributed by atoms with Gasteiger partial charge in [0.25, 0.3) is 0 Å². The number of aromatic nitrogens is 2. The second kappa shape index (κ2) is 7.49. The molecule has 2 rings (SSSR count). The van der Waals surface area contributed by atoms with Crippen LogP contribution in [0.1, 0.15) is 18.2 Å². The summed E-state index contributed by atoms with van der Waals surface area (Å²) in [6, 6.07) is 9.49. The summed E-state index contributed by atoms with van der Waals surface area (Å²) in [7, 11) is 1.84. The van der Waals surface area contributed by atoms with Crippen molar-refractivity contribution in [2.24, 2.45) is 7.05 Å². The van der Waals surface area contributed by atoms with Gasteiger partial charge in [0.05, 0.1) is 18.8 Å². The van der Waals surface area contributed by atoms with Crippen molar-refractivity contribution in [2.45, 2.75) is 26.5 Å². The van der Waals surface area contributed by atoms with Crippen molar-refractivity contribution < 1.29 is 9.53 Å². The van der Waals surface area contributed by atoms with E-state index in [4.69, 9.17) is 4.74 Å². The summed E-state index contributed by atoms with van der Waals surface area (Å²) in [5.41, 5.74) is 2.09. The van der Waals surface area contributed by atoms with Crippen LogP contribution >= 0.6 is 0 Å². The maximum atomic E-state index is 11.8. The van der Waals surface area contributed by atoms with Gasteiger partial charge in [-0.1, -0.05) is 12.1 Å². The van der Waals surface area contributed by atoms with E-state index in [-0.39, 0.29) is 12.1 Å². The smallest absolute Gasteiger partial charge is 0.315 e. The molecule has 0 saturated carbocycles. The molecule has 0 aliphatic heterocycles. The zero-order valence-electron chi connectivity index (χ0n) is 13.2. The molecular formula is C16H22N4O2. The third-order valence-corrected chi connectivity index (χ3v) is 3.23. The van der Waals surface area contributed by atoms with E-state index in [0.29, 0.717) is 13.1 Å². The van der Waals surface area contributed by atoms with E-state index >= 15 is 0 Å². The van der Waals surface area contributed by atoms with Crippen molar-refractivity contribution >= 4 is 6.03 Å². The van der Waals surface area contributed by atoms with Gasteiger partial charge in [0.1, 0.15) is 11.9 Å². The molecule has 1 aromatic heterocycles. The van der Waals surface area contributed by atoms with Crippen LogP contribution in [-0.2, 0) is 13.6 Å². The van der Waals surface area contributed by atoms with E-state index < -0.39 is 0 Å². The fraction of sp³-hybridized carbons (Fsp3) is 0.375. The van der Waals surface area contributed by atoms with Gasteiger partial charge in [0.15, 0.2) is 0 Å². The standard InChI is InChI=1S/C16H22N4O2/c1-12-5-4-6-15(9-12)22-13(2)10-17-16(21)18-11-14-7-8-19-20(14)3/h4-9,13H,10-11H2,1-3H3,(H2,17,18,21)/t13-/m1/s1. The molecule has 0 fully saturated rings. The van der Waals surface area contributed by atoms with Crippen LogP contribution in [0, 0.1) is 6.92 Å². The largest absolute Gasteiger partial charge is 0.489 e. The van der Waals surface area contributed by atoms with Crippen LogP contribution in [0.2, 0.25) is 0 Å². The number of nitrogens with one attached hydrogen (secondary N) is 2. The van der Waals surface area contributed by atoms with Gasteiger partial charge in [0, 0.05) is 13.2 Å². The van der Waals surface area contributed by atoms with Gasteiger partial charge in [-0.25, -0.2) is 4.79 Å². The van der Waals surface area contributed by atoms with Gasteiger partial charge in [-0.05, 0) is 37.6 Å². The number of carbonyl (C=O) groups is 1. The van der Waals surface area contributed by atoms with Gasteiger partial charge in [0.2, 0.25) is 0 Å². The van der Waals surface area contributed by atoms with Crippen LogP contribution in [0.4, 0.5) is 4.79 Å². The molecule has 2 aromatic rings. The van der Waals surface area contributed by atoms with Crippen LogP contribution in [0.5, 0.6) is 5.75 Å². The van der Waals surface area contributed by atoms with Gasteiger partial charge >= 0.3 is 6.03 Å². The van der Waals surface area contributed by atoms with Crippen LogP contribution < -0.4 is 15.4 Å². The molecule has 0 saturated heterocycles. The topological polar surface area (TPSA) is 68.2 Å². The molecule has 22 heavy (non-hydrogen) atoms. The summed E-state index contributed by atoms with van der Waals surface area (Å²) in [4.78, 5) is 11.8. The quantitative estimate of drug-likeness (QED) is 0.857. The summed E-state index contributed by atoms with van der Waals surface area (Å²) in [6.07, 6.45) is 1.59. The summed E-state index contributed by atoms with van der Waals surface area (Å²) >= 11 is 0.